The summed E-state index contributed by atoms with van der Waals surface area (Å²) in [6, 6.07) is 0. The molecule has 2 aliphatic rings. The monoisotopic (exact) mass is 572 g/mol. The second-order valence-electron chi connectivity index (χ2n) is 8.95. The van der Waals surface area contributed by atoms with Gasteiger partial charge in [-0.15, -0.1) is 0 Å². The summed E-state index contributed by atoms with van der Waals surface area (Å²) in [5, 5.41) is 1.13. The molecule has 1 amide bonds. The van der Waals surface area contributed by atoms with Crippen LogP contribution >= 0.6 is 34.5 Å². The standard InChI is InChI=1S/C24H30Cl2N4O6S/c1-4-36-23(33)20-21(22(32)29-7-9-35-10-8-29)37-24(28-20)30-6-5-14(16(12-30)34-3)11-15(31)19-18(26)17(25)13(2)27-19/h14,16,27H,4-12H2,1-3H3. The van der Waals surface area contributed by atoms with E-state index >= 15 is 0 Å². The lowest BCUT2D eigenvalue weighted by Gasteiger charge is -2.37. The lowest BCUT2D eigenvalue weighted by molar-refractivity contribution is 0.0301. The molecular weight excluding hydrogens is 543 g/mol. The summed E-state index contributed by atoms with van der Waals surface area (Å²) >= 11 is 13.6. The lowest BCUT2D eigenvalue weighted by atomic mass is 9.88. The van der Waals surface area contributed by atoms with Crippen molar-refractivity contribution in [3.05, 3.63) is 32.0 Å². The number of carbonyl (C=O) groups is 3. The summed E-state index contributed by atoms with van der Waals surface area (Å²) in [7, 11) is 1.60. The first-order chi connectivity index (χ1) is 17.7. The molecule has 13 heteroatoms. The number of aryl methyl sites for hydroxylation is 1. The highest BCUT2D eigenvalue weighted by atomic mass is 35.5. The van der Waals surface area contributed by atoms with Crippen molar-refractivity contribution in [2.24, 2.45) is 5.92 Å². The number of esters is 1. The molecular formula is C24H30Cl2N4O6S. The average molecular weight is 573 g/mol. The molecule has 202 valence electrons. The molecule has 1 N–H and O–H groups in total. The number of hydrogen-bond acceptors (Lipinski definition) is 9. The van der Waals surface area contributed by atoms with Gasteiger partial charge >= 0.3 is 5.97 Å². The Bertz CT molecular complexity index is 1160. The van der Waals surface area contributed by atoms with Crippen molar-refractivity contribution in [2.75, 3.05) is 58.0 Å². The van der Waals surface area contributed by atoms with Gasteiger partial charge in [-0.2, -0.15) is 0 Å². The average Bonchev–Trinajstić information content (AvgIpc) is 3.46. The fraction of sp³-hybridized carbons (Fsp3) is 0.583. The van der Waals surface area contributed by atoms with Gasteiger partial charge in [0.1, 0.15) is 10.6 Å². The number of methoxy groups -OCH3 is 1. The second kappa shape index (κ2) is 12.1. The minimum absolute atomic E-state index is 0.0262. The number of morpholine rings is 1. The molecule has 2 fully saturated rings. The highest BCUT2D eigenvalue weighted by Gasteiger charge is 2.36. The van der Waals surface area contributed by atoms with Gasteiger partial charge in [0.05, 0.1) is 36.0 Å². The SMILES string of the molecule is CCOC(=O)c1nc(N2CCC(CC(=O)c3[nH]c(C)c(Cl)c3Cl)C(OC)C2)sc1C(=O)N1CCOCC1. The number of halogens is 2. The van der Waals surface area contributed by atoms with Gasteiger partial charge in [-0.05, 0) is 26.2 Å². The zero-order chi connectivity index (χ0) is 26.7. The van der Waals surface area contributed by atoms with Gasteiger partial charge in [0.15, 0.2) is 16.6 Å². The molecule has 2 atom stereocenters. The van der Waals surface area contributed by atoms with Crippen molar-refractivity contribution >= 4 is 57.3 Å². The molecule has 0 bridgehead atoms. The number of nitrogens with one attached hydrogen (secondary N) is 1. The van der Waals surface area contributed by atoms with E-state index in [1.165, 1.54) is 11.3 Å². The van der Waals surface area contributed by atoms with Crippen LogP contribution in [-0.4, -0.2) is 91.7 Å². The number of ketones is 1. The van der Waals surface area contributed by atoms with Crippen LogP contribution in [0.1, 0.15) is 56.1 Å². The first-order valence-corrected chi connectivity index (χ1v) is 13.7. The van der Waals surface area contributed by atoms with Crippen LogP contribution in [0.15, 0.2) is 0 Å². The number of H-pyrrole nitrogens is 1. The zero-order valence-electron chi connectivity index (χ0n) is 21.0. The maximum atomic E-state index is 13.2. The topological polar surface area (TPSA) is 114 Å². The van der Waals surface area contributed by atoms with Gasteiger partial charge in [-0.1, -0.05) is 34.5 Å². The number of rotatable bonds is 8. The van der Waals surface area contributed by atoms with Crippen molar-refractivity contribution in [3.63, 3.8) is 0 Å². The van der Waals surface area contributed by atoms with E-state index in [2.05, 4.69) is 9.97 Å². The van der Waals surface area contributed by atoms with Crippen LogP contribution in [0.4, 0.5) is 5.13 Å². The highest BCUT2D eigenvalue weighted by Crippen LogP contribution is 2.35. The Kier molecular flexibility index (Phi) is 9.12. The fourth-order valence-corrected chi connectivity index (χ4v) is 6.07. The summed E-state index contributed by atoms with van der Waals surface area (Å²) in [5.74, 6) is -1.05. The predicted molar refractivity (Wildman–Crippen MR) is 140 cm³/mol. The smallest absolute Gasteiger partial charge is 0.358 e. The van der Waals surface area contributed by atoms with Crippen LogP contribution in [0.3, 0.4) is 0 Å². The number of thiazole rings is 1. The Morgan fingerprint density at radius 1 is 1.19 bits per heavy atom. The zero-order valence-corrected chi connectivity index (χ0v) is 23.3. The van der Waals surface area contributed by atoms with E-state index < -0.39 is 5.97 Å². The van der Waals surface area contributed by atoms with E-state index in [0.29, 0.717) is 67.4 Å². The number of Topliss-reactive ketones (excluding diaryl/α,β-unsaturated/α-hetero) is 1. The molecule has 2 saturated heterocycles. The second-order valence-corrected chi connectivity index (χ2v) is 10.7. The van der Waals surface area contributed by atoms with E-state index in [-0.39, 0.29) is 52.3 Å². The highest BCUT2D eigenvalue weighted by molar-refractivity contribution is 7.17. The third kappa shape index (κ3) is 5.96. The van der Waals surface area contributed by atoms with E-state index in [1.807, 2.05) is 4.90 Å². The number of amides is 1. The number of aromatic amines is 1. The summed E-state index contributed by atoms with van der Waals surface area (Å²) < 4.78 is 16.3. The van der Waals surface area contributed by atoms with Gasteiger partial charge in [0.2, 0.25) is 0 Å². The van der Waals surface area contributed by atoms with Crippen LogP contribution in [-0.2, 0) is 14.2 Å². The minimum Gasteiger partial charge on any atom is -0.461 e. The molecule has 37 heavy (non-hydrogen) atoms. The summed E-state index contributed by atoms with van der Waals surface area (Å²) in [5.41, 5.74) is 0.988. The van der Waals surface area contributed by atoms with Crippen LogP contribution < -0.4 is 4.90 Å². The molecule has 2 aliphatic heterocycles. The minimum atomic E-state index is -0.623. The third-order valence-corrected chi connectivity index (χ3v) is 8.68. The quantitative estimate of drug-likeness (QED) is 0.374. The van der Waals surface area contributed by atoms with Crippen LogP contribution in [0.25, 0.3) is 0 Å². The van der Waals surface area contributed by atoms with Crippen LogP contribution in [0.2, 0.25) is 10.0 Å². The number of nitrogens with zero attached hydrogens (tertiary/aromatic N) is 3. The maximum Gasteiger partial charge on any atom is 0.358 e. The molecule has 10 nitrogen and oxygen atoms in total. The lowest BCUT2D eigenvalue weighted by Crippen LogP contribution is -2.45. The van der Waals surface area contributed by atoms with Crippen molar-refractivity contribution < 1.29 is 28.6 Å². The maximum absolute atomic E-state index is 13.2. The predicted octanol–water partition coefficient (Wildman–Crippen LogP) is 3.85. The number of hydrogen-bond donors (Lipinski definition) is 1. The summed E-state index contributed by atoms with van der Waals surface area (Å²) in [4.78, 5) is 50.3. The number of piperidine rings is 1. The first-order valence-electron chi connectivity index (χ1n) is 12.1. The summed E-state index contributed by atoms with van der Waals surface area (Å²) in [6.07, 6.45) is 0.627. The van der Waals surface area contributed by atoms with Crippen LogP contribution in [0, 0.1) is 12.8 Å². The molecule has 0 aromatic carbocycles. The molecule has 4 rings (SSSR count). The van der Waals surface area contributed by atoms with E-state index in [9.17, 15) is 14.4 Å². The number of carbonyl (C=O) groups excluding carboxylic acids is 3. The van der Waals surface area contributed by atoms with Crippen molar-refractivity contribution in [2.45, 2.75) is 32.8 Å². The molecule has 0 radical (unpaired) electrons. The molecule has 0 spiro atoms. The normalized spacial score (nSPS) is 20.2. The van der Waals surface area contributed by atoms with Crippen LogP contribution in [0.5, 0.6) is 0 Å². The Labute approximate surface area is 229 Å². The largest absolute Gasteiger partial charge is 0.461 e. The fourth-order valence-electron chi connectivity index (χ4n) is 4.58. The molecule has 2 unspecified atom stereocenters. The van der Waals surface area contributed by atoms with Gasteiger partial charge in [0.25, 0.3) is 5.91 Å². The van der Waals surface area contributed by atoms with Crippen molar-refractivity contribution in [3.8, 4) is 0 Å². The number of anilines is 1. The Morgan fingerprint density at radius 3 is 2.54 bits per heavy atom. The molecule has 4 heterocycles. The molecule has 0 saturated carbocycles. The Balaban J connectivity index is 1.51. The summed E-state index contributed by atoms with van der Waals surface area (Å²) in [6.45, 7) is 6.49. The van der Waals surface area contributed by atoms with Gasteiger partial charge in [-0.3, -0.25) is 9.59 Å². The number of ether oxygens (including phenoxy) is 3. The van der Waals surface area contributed by atoms with Crippen molar-refractivity contribution in [1.29, 1.82) is 0 Å². The van der Waals surface area contributed by atoms with E-state index in [4.69, 9.17) is 37.4 Å². The van der Waals surface area contributed by atoms with Gasteiger partial charge in [0, 0.05) is 45.4 Å². The Morgan fingerprint density at radius 2 is 1.92 bits per heavy atom. The molecule has 2 aromatic heterocycles. The van der Waals surface area contributed by atoms with Gasteiger partial charge in [-0.25, -0.2) is 9.78 Å². The van der Waals surface area contributed by atoms with Gasteiger partial charge < -0.3 is 29.0 Å². The van der Waals surface area contributed by atoms with E-state index in [1.54, 1.807) is 25.9 Å². The molecule has 2 aromatic rings. The third-order valence-electron chi connectivity index (χ3n) is 6.63. The van der Waals surface area contributed by atoms with E-state index in [0.717, 1.165) is 0 Å². The Hall–Kier alpha value is -2.18. The molecule has 0 aliphatic carbocycles. The van der Waals surface area contributed by atoms with Crippen molar-refractivity contribution in [1.82, 2.24) is 14.9 Å². The first kappa shape index (κ1) is 27.8. The number of aromatic nitrogens is 2.